The van der Waals surface area contributed by atoms with Crippen LogP contribution >= 0.6 is 0 Å². The second-order valence-electron chi connectivity index (χ2n) is 3.24. The van der Waals surface area contributed by atoms with Gasteiger partial charge in [-0.05, 0) is 17.7 Å². The maximum atomic E-state index is 11.3. The Labute approximate surface area is 90.1 Å². The molecule has 0 aliphatic carbocycles. The molecule has 6 heteroatoms. The van der Waals surface area contributed by atoms with E-state index in [0.717, 1.165) is 10.1 Å². The van der Waals surface area contributed by atoms with E-state index in [1.54, 1.807) is 24.3 Å². The summed E-state index contributed by atoms with van der Waals surface area (Å²) in [7, 11) is 0. The Bertz CT molecular complexity index is 553. The fourth-order valence-electron chi connectivity index (χ4n) is 1.43. The molecule has 0 amide bonds. The Balaban J connectivity index is 2.42. The van der Waals surface area contributed by atoms with Crippen LogP contribution in [0.15, 0.2) is 40.4 Å². The first-order chi connectivity index (χ1) is 7.72. The van der Waals surface area contributed by atoms with Gasteiger partial charge in [0, 0.05) is 0 Å². The third-order valence-electron chi connectivity index (χ3n) is 2.20. The number of nitroso groups, excluding NO2 is 1. The number of hydrogen-bond acceptors (Lipinski definition) is 4. The van der Waals surface area contributed by atoms with Crippen molar-refractivity contribution in [1.82, 2.24) is 9.55 Å². The molecule has 0 spiro atoms. The molecule has 0 atom stereocenters. The van der Waals surface area contributed by atoms with Crippen molar-refractivity contribution in [2.75, 3.05) is 0 Å². The first kappa shape index (κ1) is 10.2. The van der Waals surface area contributed by atoms with Crippen molar-refractivity contribution in [3.05, 3.63) is 51.4 Å². The van der Waals surface area contributed by atoms with Gasteiger partial charge in [0.05, 0.1) is 11.9 Å². The van der Waals surface area contributed by atoms with Crippen LogP contribution in [0.25, 0.3) is 5.69 Å². The number of aromatic nitrogens is 2. The van der Waals surface area contributed by atoms with E-state index < -0.39 is 5.69 Å². The lowest BCUT2D eigenvalue weighted by Crippen LogP contribution is -2.14. The summed E-state index contributed by atoms with van der Waals surface area (Å²) < 4.78 is 1.12. The van der Waals surface area contributed by atoms with E-state index in [1.807, 2.05) is 0 Å². The third kappa shape index (κ3) is 1.72. The summed E-state index contributed by atoms with van der Waals surface area (Å²) in [6.07, 6.45) is 1.21. The second-order valence-corrected chi connectivity index (χ2v) is 3.24. The van der Waals surface area contributed by atoms with Crippen LogP contribution in [0.2, 0.25) is 0 Å². The molecule has 2 aromatic rings. The maximum Gasteiger partial charge on any atom is 0.333 e. The van der Waals surface area contributed by atoms with Gasteiger partial charge in [0.15, 0.2) is 0 Å². The minimum Gasteiger partial charge on any atom is -0.493 e. The van der Waals surface area contributed by atoms with Crippen LogP contribution in [0.5, 0.6) is 5.88 Å². The Morgan fingerprint density at radius 2 is 2.00 bits per heavy atom. The molecular weight excluding hydrogens is 210 g/mol. The lowest BCUT2D eigenvalue weighted by atomic mass is 10.2. The van der Waals surface area contributed by atoms with Crippen LogP contribution in [0.3, 0.4) is 0 Å². The zero-order valence-corrected chi connectivity index (χ0v) is 8.25. The largest absolute Gasteiger partial charge is 0.493 e. The minimum absolute atomic E-state index is 0.0916. The van der Waals surface area contributed by atoms with Crippen molar-refractivity contribution in [3.8, 4) is 11.6 Å². The number of rotatable bonds is 3. The molecule has 16 heavy (non-hydrogen) atoms. The molecule has 0 bridgehead atoms. The first-order valence-electron chi connectivity index (χ1n) is 4.60. The zero-order valence-electron chi connectivity index (χ0n) is 8.25. The van der Waals surface area contributed by atoms with Gasteiger partial charge in [0.1, 0.15) is 6.54 Å². The molecule has 6 nitrogen and oxygen atoms in total. The van der Waals surface area contributed by atoms with Gasteiger partial charge in [-0.3, -0.25) is 0 Å². The van der Waals surface area contributed by atoms with E-state index in [-0.39, 0.29) is 12.4 Å². The summed E-state index contributed by atoms with van der Waals surface area (Å²) in [5.41, 5.74) is 0.860. The molecule has 1 aromatic heterocycles. The van der Waals surface area contributed by atoms with Crippen molar-refractivity contribution >= 4 is 0 Å². The summed E-state index contributed by atoms with van der Waals surface area (Å²) in [5.74, 6) is -0.161. The average molecular weight is 219 g/mol. The van der Waals surface area contributed by atoms with Gasteiger partial charge < -0.3 is 10.1 Å². The molecule has 1 heterocycles. The van der Waals surface area contributed by atoms with Crippen molar-refractivity contribution in [2.24, 2.45) is 5.18 Å². The smallest absolute Gasteiger partial charge is 0.333 e. The van der Waals surface area contributed by atoms with Crippen LogP contribution in [-0.4, -0.2) is 14.7 Å². The van der Waals surface area contributed by atoms with E-state index in [9.17, 15) is 14.8 Å². The van der Waals surface area contributed by atoms with Crippen molar-refractivity contribution in [2.45, 2.75) is 6.54 Å². The molecule has 0 aliphatic heterocycles. The topological polar surface area (TPSA) is 87.4 Å². The lowest BCUT2D eigenvalue weighted by Gasteiger charge is -2.03. The molecule has 0 saturated carbocycles. The van der Waals surface area contributed by atoms with Crippen LogP contribution < -0.4 is 5.69 Å². The number of H-pyrrole nitrogens is 1. The predicted molar refractivity (Wildman–Crippen MR) is 57.6 cm³/mol. The standard InChI is InChI=1S/C10H9N3O3/c14-9-6-11-10(15)13(9)8-3-1-7(2-4-8)5-12-16/h1-4,6,14H,5H2,(H,11,15). The summed E-state index contributed by atoms with van der Waals surface area (Å²) in [4.78, 5) is 23.7. The van der Waals surface area contributed by atoms with Gasteiger partial charge in [-0.15, -0.1) is 0 Å². The summed E-state index contributed by atoms with van der Waals surface area (Å²) in [6.45, 7) is 0.0916. The summed E-state index contributed by atoms with van der Waals surface area (Å²) in [5, 5.41) is 12.2. The van der Waals surface area contributed by atoms with Crippen LogP contribution in [0.1, 0.15) is 5.56 Å². The Hall–Kier alpha value is -2.37. The third-order valence-corrected chi connectivity index (χ3v) is 2.20. The molecule has 0 aliphatic rings. The van der Waals surface area contributed by atoms with Gasteiger partial charge in [-0.25, -0.2) is 9.36 Å². The highest BCUT2D eigenvalue weighted by Gasteiger charge is 2.06. The monoisotopic (exact) mass is 219 g/mol. The molecule has 2 N–H and O–H groups in total. The fraction of sp³-hybridized carbons (Fsp3) is 0.100. The molecule has 82 valence electrons. The summed E-state index contributed by atoms with van der Waals surface area (Å²) >= 11 is 0. The van der Waals surface area contributed by atoms with E-state index in [1.165, 1.54) is 6.20 Å². The predicted octanol–water partition coefficient (Wildman–Crippen LogP) is 1.14. The maximum absolute atomic E-state index is 11.3. The Morgan fingerprint density at radius 1 is 1.31 bits per heavy atom. The molecule has 0 unspecified atom stereocenters. The average Bonchev–Trinajstić information content (AvgIpc) is 2.61. The zero-order chi connectivity index (χ0) is 11.5. The number of hydrogen-bond donors (Lipinski definition) is 2. The number of aromatic amines is 1. The number of aromatic hydroxyl groups is 1. The highest BCUT2D eigenvalue weighted by Crippen LogP contribution is 2.14. The van der Waals surface area contributed by atoms with Crippen molar-refractivity contribution in [3.63, 3.8) is 0 Å². The number of benzene rings is 1. The van der Waals surface area contributed by atoms with E-state index >= 15 is 0 Å². The van der Waals surface area contributed by atoms with Crippen LogP contribution in [0.4, 0.5) is 0 Å². The first-order valence-corrected chi connectivity index (χ1v) is 4.60. The second kappa shape index (κ2) is 4.01. The lowest BCUT2D eigenvalue weighted by molar-refractivity contribution is 0.441. The molecular formula is C10H9N3O3. The van der Waals surface area contributed by atoms with E-state index in [4.69, 9.17) is 0 Å². The van der Waals surface area contributed by atoms with Gasteiger partial charge in [0.25, 0.3) is 0 Å². The quantitative estimate of drug-likeness (QED) is 0.758. The minimum atomic E-state index is -0.418. The molecule has 2 rings (SSSR count). The van der Waals surface area contributed by atoms with Crippen LogP contribution in [0, 0.1) is 4.91 Å². The van der Waals surface area contributed by atoms with Crippen LogP contribution in [-0.2, 0) is 6.54 Å². The molecule has 0 fully saturated rings. The van der Waals surface area contributed by atoms with Crippen molar-refractivity contribution < 1.29 is 5.11 Å². The highest BCUT2D eigenvalue weighted by atomic mass is 16.3. The van der Waals surface area contributed by atoms with Gasteiger partial charge in [-0.1, -0.05) is 17.3 Å². The molecule has 0 radical (unpaired) electrons. The number of imidazole rings is 1. The number of nitrogens with zero attached hydrogens (tertiary/aromatic N) is 2. The van der Waals surface area contributed by atoms with E-state index in [0.29, 0.717) is 5.69 Å². The fourth-order valence-corrected chi connectivity index (χ4v) is 1.43. The normalized spacial score (nSPS) is 10.2. The molecule has 0 saturated heterocycles. The van der Waals surface area contributed by atoms with Gasteiger partial charge in [-0.2, -0.15) is 4.91 Å². The van der Waals surface area contributed by atoms with Gasteiger partial charge >= 0.3 is 5.69 Å². The van der Waals surface area contributed by atoms with Crippen molar-refractivity contribution in [1.29, 1.82) is 0 Å². The Morgan fingerprint density at radius 3 is 2.50 bits per heavy atom. The molecule has 1 aromatic carbocycles. The van der Waals surface area contributed by atoms with Gasteiger partial charge in [0.2, 0.25) is 5.88 Å². The SMILES string of the molecule is O=NCc1ccc(-n2c(O)c[nH]c2=O)cc1. The Kier molecular flexibility index (Phi) is 2.55. The van der Waals surface area contributed by atoms with E-state index in [2.05, 4.69) is 10.2 Å². The number of nitrogens with one attached hydrogen (secondary N) is 1. The highest BCUT2D eigenvalue weighted by molar-refractivity contribution is 5.37. The summed E-state index contributed by atoms with van der Waals surface area (Å²) in [6, 6.07) is 6.62.